The Bertz CT molecular complexity index is 502. The molecule has 3 nitrogen and oxygen atoms in total. The number of hydrogen-bond acceptors (Lipinski definition) is 1. The Morgan fingerprint density at radius 3 is 2.59 bits per heavy atom. The molecule has 22 heavy (non-hydrogen) atoms. The highest BCUT2D eigenvalue weighted by Gasteiger charge is 2.17. The average Bonchev–Trinajstić information content (AvgIpc) is 2.97. The summed E-state index contributed by atoms with van der Waals surface area (Å²) in [7, 11) is 0. The standard InChI is InChI=1S/C16H23F2N3.HI/c1-3-19-16(21-8-4-5-9-21)20-11-12(2)14-7-6-13(17)10-15(14)18;/h6-7,10,12H,3-5,8-9,11H2,1-2H3,(H,19,20);1H. The lowest BCUT2D eigenvalue weighted by atomic mass is 10.0. The minimum absolute atomic E-state index is 0. The summed E-state index contributed by atoms with van der Waals surface area (Å²) in [5, 5.41) is 3.28. The largest absolute Gasteiger partial charge is 0.357 e. The zero-order valence-corrected chi connectivity index (χ0v) is 15.4. The molecule has 1 saturated heterocycles. The summed E-state index contributed by atoms with van der Waals surface area (Å²) in [6, 6.07) is 3.74. The van der Waals surface area contributed by atoms with Gasteiger partial charge in [0.05, 0.1) is 0 Å². The maximum Gasteiger partial charge on any atom is 0.193 e. The van der Waals surface area contributed by atoms with E-state index in [0.717, 1.165) is 31.7 Å². The van der Waals surface area contributed by atoms with Gasteiger partial charge in [-0.15, -0.1) is 24.0 Å². The molecule has 1 fully saturated rings. The molecule has 1 unspecified atom stereocenters. The predicted molar refractivity (Wildman–Crippen MR) is 97.0 cm³/mol. The van der Waals surface area contributed by atoms with Crippen LogP contribution in [-0.2, 0) is 0 Å². The first-order valence-electron chi connectivity index (χ1n) is 7.60. The Hall–Kier alpha value is -0.920. The van der Waals surface area contributed by atoms with Crippen LogP contribution < -0.4 is 5.32 Å². The Morgan fingerprint density at radius 2 is 2.00 bits per heavy atom. The van der Waals surface area contributed by atoms with E-state index in [4.69, 9.17) is 0 Å². The fraction of sp³-hybridized carbons (Fsp3) is 0.562. The summed E-state index contributed by atoms with van der Waals surface area (Å²) in [4.78, 5) is 6.84. The molecule has 6 heteroatoms. The van der Waals surface area contributed by atoms with Gasteiger partial charge in [-0.25, -0.2) is 8.78 Å². The molecule has 1 atom stereocenters. The minimum Gasteiger partial charge on any atom is -0.357 e. The molecule has 0 spiro atoms. The van der Waals surface area contributed by atoms with E-state index in [2.05, 4.69) is 15.2 Å². The van der Waals surface area contributed by atoms with Gasteiger partial charge in [0, 0.05) is 38.2 Å². The number of guanidine groups is 1. The summed E-state index contributed by atoms with van der Waals surface area (Å²) in [5.74, 6) is -0.229. The monoisotopic (exact) mass is 423 g/mol. The molecule has 0 amide bonds. The molecule has 0 saturated carbocycles. The van der Waals surface area contributed by atoms with Gasteiger partial charge in [0.15, 0.2) is 5.96 Å². The summed E-state index contributed by atoms with van der Waals surface area (Å²) in [6.07, 6.45) is 2.37. The lowest BCUT2D eigenvalue weighted by molar-refractivity contribution is 0.491. The zero-order chi connectivity index (χ0) is 15.2. The average molecular weight is 423 g/mol. The Morgan fingerprint density at radius 1 is 1.32 bits per heavy atom. The van der Waals surface area contributed by atoms with Gasteiger partial charge in [0.25, 0.3) is 0 Å². The van der Waals surface area contributed by atoms with Gasteiger partial charge in [-0.05, 0) is 31.4 Å². The quantitative estimate of drug-likeness (QED) is 0.454. The number of nitrogens with one attached hydrogen (secondary N) is 1. The van der Waals surface area contributed by atoms with Crippen molar-refractivity contribution in [3.63, 3.8) is 0 Å². The second-order valence-corrected chi connectivity index (χ2v) is 5.46. The molecular weight excluding hydrogens is 399 g/mol. The van der Waals surface area contributed by atoms with Crippen LogP contribution in [0.25, 0.3) is 0 Å². The minimum atomic E-state index is -0.544. The van der Waals surface area contributed by atoms with E-state index in [9.17, 15) is 8.78 Å². The van der Waals surface area contributed by atoms with Gasteiger partial charge in [-0.3, -0.25) is 4.99 Å². The molecule has 1 aromatic carbocycles. The number of likely N-dealkylation sites (tertiary alicyclic amines) is 1. The van der Waals surface area contributed by atoms with E-state index in [1.165, 1.54) is 25.0 Å². The fourth-order valence-corrected chi connectivity index (χ4v) is 2.58. The van der Waals surface area contributed by atoms with Gasteiger partial charge >= 0.3 is 0 Å². The van der Waals surface area contributed by atoms with Gasteiger partial charge < -0.3 is 10.2 Å². The maximum atomic E-state index is 13.8. The van der Waals surface area contributed by atoms with E-state index >= 15 is 0 Å². The molecular formula is C16H24F2IN3. The number of hydrogen-bond donors (Lipinski definition) is 1. The normalized spacial score (nSPS) is 16.4. The number of rotatable bonds is 4. The van der Waals surface area contributed by atoms with Crippen LogP contribution in [0, 0.1) is 11.6 Å². The third-order valence-corrected chi connectivity index (χ3v) is 3.75. The van der Waals surface area contributed by atoms with Crippen molar-refractivity contribution in [2.24, 2.45) is 4.99 Å². The molecule has 0 aromatic heterocycles. The van der Waals surface area contributed by atoms with Crippen LogP contribution in [-0.4, -0.2) is 37.0 Å². The molecule has 1 N–H and O–H groups in total. The highest BCUT2D eigenvalue weighted by molar-refractivity contribution is 14.0. The summed E-state index contributed by atoms with van der Waals surface area (Å²) < 4.78 is 26.7. The van der Waals surface area contributed by atoms with Crippen molar-refractivity contribution in [2.75, 3.05) is 26.2 Å². The van der Waals surface area contributed by atoms with E-state index in [1.54, 1.807) is 0 Å². The molecule has 2 rings (SSSR count). The summed E-state index contributed by atoms with van der Waals surface area (Å²) >= 11 is 0. The first-order valence-corrected chi connectivity index (χ1v) is 7.60. The van der Waals surface area contributed by atoms with Crippen molar-refractivity contribution in [1.82, 2.24) is 10.2 Å². The third-order valence-electron chi connectivity index (χ3n) is 3.75. The lowest BCUT2D eigenvalue weighted by Gasteiger charge is -2.21. The van der Waals surface area contributed by atoms with Gasteiger partial charge in [0.2, 0.25) is 0 Å². The molecule has 0 aliphatic carbocycles. The van der Waals surface area contributed by atoms with Crippen LogP contribution in [0.2, 0.25) is 0 Å². The summed E-state index contributed by atoms with van der Waals surface area (Å²) in [6.45, 7) is 7.29. The molecule has 0 radical (unpaired) electrons. The van der Waals surface area contributed by atoms with E-state index in [-0.39, 0.29) is 29.9 Å². The van der Waals surface area contributed by atoms with Gasteiger partial charge in [0.1, 0.15) is 11.6 Å². The Balaban J connectivity index is 0.00000242. The van der Waals surface area contributed by atoms with Crippen LogP contribution >= 0.6 is 24.0 Å². The second kappa shape index (κ2) is 9.27. The number of aliphatic imine (C=N–C) groups is 1. The van der Waals surface area contributed by atoms with Crippen molar-refractivity contribution < 1.29 is 8.78 Å². The SMILES string of the molecule is CCNC(=NCC(C)c1ccc(F)cc1F)N1CCCC1.I. The van der Waals surface area contributed by atoms with E-state index in [0.29, 0.717) is 12.1 Å². The summed E-state index contributed by atoms with van der Waals surface area (Å²) in [5.41, 5.74) is 0.512. The van der Waals surface area contributed by atoms with Crippen LogP contribution in [0.4, 0.5) is 8.78 Å². The third kappa shape index (κ3) is 5.07. The Labute approximate surface area is 148 Å². The van der Waals surface area contributed by atoms with Crippen LogP contribution in [0.5, 0.6) is 0 Å². The van der Waals surface area contributed by atoms with Crippen molar-refractivity contribution in [2.45, 2.75) is 32.6 Å². The zero-order valence-electron chi connectivity index (χ0n) is 13.1. The first-order chi connectivity index (χ1) is 10.1. The lowest BCUT2D eigenvalue weighted by Crippen LogP contribution is -2.39. The van der Waals surface area contributed by atoms with Crippen molar-refractivity contribution >= 4 is 29.9 Å². The highest BCUT2D eigenvalue weighted by Crippen LogP contribution is 2.20. The fourth-order valence-electron chi connectivity index (χ4n) is 2.58. The molecule has 1 aliphatic rings. The van der Waals surface area contributed by atoms with E-state index < -0.39 is 11.6 Å². The molecule has 124 valence electrons. The van der Waals surface area contributed by atoms with Crippen molar-refractivity contribution in [3.8, 4) is 0 Å². The number of nitrogens with zero attached hydrogens (tertiary/aromatic N) is 2. The highest BCUT2D eigenvalue weighted by atomic mass is 127. The molecule has 0 bridgehead atoms. The number of halogens is 3. The van der Waals surface area contributed by atoms with Gasteiger partial charge in [-0.1, -0.05) is 13.0 Å². The molecule has 1 aliphatic heterocycles. The van der Waals surface area contributed by atoms with Crippen LogP contribution in [0.15, 0.2) is 23.2 Å². The predicted octanol–water partition coefficient (Wildman–Crippen LogP) is 3.75. The number of benzene rings is 1. The molecule has 1 heterocycles. The van der Waals surface area contributed by atoms with Gasteiger partial charge in [-0.2, -0.15) is 0 Å². The van der Waals surface area contributed by atoms with Crippen molar-refractivity contribution in [1.29, 1.82) is 0 Å². The second-order valence-electron chi connectivity index (χ2n) is 5.46. The maximum absolute atomic E-state index is 13.8. The van der Waals surface area contributed by atoms with Crippen LogP contribution in [0.3, 0.4) is 0 Å². The Kier molecular flexibility index (Phi) is 8.06. The smallest absolute Gasteiger partial charge is 0.193 e. The topological polar surface area (TPSA) is 27.6 Å². The molecule has 1 aromatic rings. The van der Waals surface area contributed by atoms with Crippen LogP contribution in [0.1, 0.15) is 38.2 Å². The van der Waals surface area contributed by atoms with Crippen molar-refractivity contribution in [3.05, 3.63) is 35.4 Å². The first kappa shape index (κ1) is 19.1. The van der Waals surface area contributed by atoms with E-state index in [1.807, 2.05) is 13.8 Å².